The van der Waals surface area contributed by atoms with E-state index in [4.69, 9.17) is 11.6 Å². The Labute approximate surface area is 160 Å². The molecule has 134 valence electrons. The molecule has 3 aromatic rings. The summed E-state index contributed by atoms with van der Waals surface area (Å²) >= 11 is 7.45. The first kappa shape index (κ1) is 18.4. The summed E-state index contributed by atoms with van der Waals surface area (Å²) in [5, 5.41) is 6.97. The van der Waals surface area contributed by atoms with Crippen molar-refractivity contribution in [2.45, 2.75) is 13.3 Å². The van der Waals surface area contributed by atoms with Gasteiger partial charge in [-0.1, -0.05) is 17.7 Å². The van der Waals surface area contributed by atoms with E-state index in [0.717, 1.165) is 21.1 Å². The highest BCUT2D eigenvalue weighted by atomic mass is 35.5. The molecule has 2 amide bonds. The van der Waals surface area contributed by atoms with E-state index in [1.807, 2.05) is 6.92 Å². The lowest BCUT2D eigenvalue weighted by molar-refractivity contribution is 0.252. The van der Waals surface area contributed by atoms with Crippen molar-refractivity contribution in [3.63, 3.8) is 0 Å². The van der Waals surface area contributed by atoms with Gasteiger partial charge in [0.25, 0.3) is 0 Å². The average molecular weight is 390 g/mol. The minimum atomic E-state index is -0.284. The SMILES string of the molecule is Cc1nc(-c2ccc(F)cc2)sc1CCNC(=O)Nc1cccc(Cl)c1. The van der Waals surface area contributed by atoms with Crippen LogP contribution in [0.15, 0.2) is 48.5 Å². The molecule has 0 atom stereocenters. The molecule has 2 aromatic carbocycles. The third kappa shape index (κ3) is 4.80. The molecular formula is C19H17ClFN3OS. The van der Waals surface area contributed by atoms with Gasteiger partial charge in [-0.3, -0.25) is 0 Å². The second-order valence-electron chi connectivity index (χ2n) is 5.68. The zero-order valence-electron chi connectivity index (χ0n) is 14.1. The van der Waals surface area contributed by atoms with Crippen molar-refractivity contribution in [3.05, 3.63) is 69.9 Å². The molecule has 0 unspecified atom stereocenters. The molecule has 0 bridgehead atoms. The standard InChI is InChI=1S/C19H17ClFN3OS/c1-12-17(26-18(23-12)13-5-7-15(21)8-6-13)9-10-22-19(25)24-16-4-2-3-14(20)11-16/h2-8,11H,9-10H2,1H3,(H2,22,24,25). The normalized spacial score (nSPS) is 10.6. The molecule has 0 radical (unpaired) electrons. The van der Waals surface area contributed by atoms with Gasteiger partial charge in [-0.15, -0.1) is 11.3 Å². The monoisotopic (exact) mass is 389 g/mol. The van der Waals surface area contributed by atoms with Crippen molar-refractivity contribution in [2.75, 3.05) is 11.9 Å². The molecule has 1 heterocycles. The topological polar surface area (TPSA) is 54.0 Å². The van der Waals surface area contributed by atoms with Gasteiger partial charge in [-0.05, 0) is 49.4 Å². The van der Waals surface area contributed by atoms with Gasteiger partial charge in [-0.2, -0.15) is 0 Å². The van der Waals surface area contributed by atoms with Crippen molar-refractivity contribution >= 4 is 34.7 Å². The number of carbonyl (C=O) groups excluding carboxylic acids is 1. The number of nitrogens with one attached hydrogen (secondary N) is 2. The lowest BCUT2D eigenvalue weighted by atomic mass is 10.2. The fourth-order valence-corrected chi connectivity index (χ4v) is 3.66. The molecule has 0 saturated heterocycles. The molecule has 3 rings (SSSR count). The Bertz CT molecular complexity index is 911. The number of rotatable bonds is 5. The highest BCUT2D eigenvalue weighted by Crippen LogP contribution is 2.28. The summed E-state index contributed by atoms with van der Waals surface area (Å²) in [6.45, 7) is 2.42. The Kier molecular flexibility index (Phi) is 5.85. The van der Waals surface area contributed by atoms with Crippen LogP contribution in [0.4, 0.5) is 14.9 Å². The van der Waals surface area contributed by atoms with Crippen molar-refractivity contribution in [2.24, 2.45) is 0 Å². The van der Waals surface area contributed by atoms with Crippen LogP contribution >= 0.6 is 22.9 Å². The highest BCUT2D eigenvalue weighted by Gasteiger charge is 2.10. The number of benzene rings is 2. The van der Waals surface area contributed by atoms with Gasteiger partial charge >= 0.3 is 6.03 Å². The summed E-state index contributed by atoms with van der Waals surface area (Å²) in [4.78, 5) is 17.6. The number of aromatic nitrogens is 1. The van der Waals surface area contributed by atoms with Crippen molar-refractivity contribution in [3.8, 4) is 10.6 Å². The Morgan fingerprint density at radius 2 is 2.00 bits per heavy atom. The van der Waals surface area contributed by atoms with Crippen molar-refractivity contribution < 1.29 is 9.18 Å². The number of hydrogen-bond donors (Lipinski definition) is 2. The maximum Gasteiger partial charge on any atom is 0.319 e. The van der Waals surface area contributed by atoms with Gasteiger partial charge < -0.3 is 10.6 Å². The summed E-state index contributed by atoms with van der Waals surface area (Å²) < 4.78 is 13.0. The molecule has 0 aliphatic rings. The summed E-state index contributed by atoms with van der Waals surface area (Å²) in [5.74, 6) is -0.267. The zero-order valence-corrected chi connectivity index (χ0v) is 15.6. The van der Waals surface area contributed by atoms with E-state index in [0.29, 0.717) is 23.7 Å². The van der Waals surface area contributed by atoms with Gasteiger partial charge in [0.05, 0.1) is 5.69 Å². The zero-order chi connectivity index (χ0) is 18.5. The Morgan fingerprint density at radius 3 is 2.73 bits per heavy atom. The van der Waals surface area contributed by atoms with Gasteiger partial charge in [0.15, 0.2) is 0 Å². The summed E-state index contributed by atoms with van der Waals surface area (Å²) in [6, 6.07) is 13.0. The van der Waals surface area contributed by atoms with Crippen LogP contribution in [-0.4, -0.2) is 17.6 Å². The Balaban J connectivity index is 1.55. The molecule has 4 nitrogen and oxygen atoms in total. The second kappa shape index (κ2) is 8.29. The van der Waals surface area contributed by atoms with Crippen LogP contribution in [0.5, 0.6) is 0 Å². The second-order valence-corrected chi connectivity index (χ2v) is 7.20. The molecule has 0 aliphatic carbocycles. The smallest absolute Gasteiger partial charge is 0.319 e. The fraction of sp³-hybridized carbons (Fsp3) is 0.158. The third-order valence-electron chi connectivity index (χ3n) is 3.70. The highest BCUT2D eigenvalue weighted by molar-refractivity contribution is 7.15. The first-order chi connectivity index (χ1) is 12.5. The lowest BCUT2D eigenvalue weighted by Gasteiger charge is -2.07. The summed E-state index contributed by atoms with van der Waals surface area (Å²) in [7, 11) is 0. The number of nitrogens with zero attached hydrogens (tertiary/aromatic N) is 1. The maximum absolute atomic E-state index is 13.0. The van der Waals surface area contributed by atoms with E-state index >= 15 is 0 Å². The molecule has 0 saturated carbocycles. The number of halogens is 2. The van der Waals surface area contributed by atoms with Crippen LogP contribution in [0, 0.1) is 12.7 Å². The maximum atomic E-state index is 13.0. The Morgan fingerprint density at radius 1 is 1.23 bits per heavy atom. The quantitative estimate of drug-likeness (QED) is 0.624. The van der Waals surface area contributed by atoms with Crippen LogP contribution in [-0.2, 0) is 6.42 Å². The summed E-state index contributed by atoms with van der Waals surface area (Å²) in [6.07, 6.45) is 0.674. The van der Waals surface area contributed by atoms with E-state index in [2.05, 4.69) is 15.6 Å². The van der Waals surface area contributed by atoms with Gasteiger partial charge in [0, 0.05) is 34.1 Å². The Hall–Kier alpha value is -2.44. The van der Waals surface area contributed by atoms with Crippen LogP contribution < -0.4 is 10.6 Å². The molecule has 0 aliphatic heterocycles. The lowest BCUT2D eigenvalue weighted by Crippen LogP contribution is -2.30. The van der Waals surface area contributed by atoms with Crippen LogP contribution in [0.25, 0.3) is 10.6 Å². The molecule has 1 aromatic heterocycles. The minimum absolute atomic E-state index is 0.267. The first-order valence-electron chi connectivity index (χ1n) is 8.04. The molecule has 0 spiro atoms. The van der Waals surface area contributed by atoms with E-state index in [-0.39, 0.29) is 11.8 Å². The van der Waals surface area contributed by atoms with Gasteiger partial charge in [0.1, 0.15) is 10.8 Å². The number of amides is 2. The van der Waals surface area contributed by atoms with Gasteiger partial charge in [0.2, 0.25) is 0 Å². The molecule has 0 fully saturated rings. The summed E-state index contributed by atoms with van der Waals surface area (Å²) in [5.41, 5.74) is 2.45. The third-order valence-corrected chi connectivity index (χ3v) is 5.21. The van der Waals surface area contributed by atoms with Crippen LogP contribution in [0.1, 0.15) is 10.6 Å². The van der Waals surface area contributed by atoms with E-state index in [1.165, 1.54) is 12.1 Å². The number of hydrogen-bond acceptors (Lipinski definition) is 3. The largest absolute Gasteiger partial charge is 0.338 e. The molecular weight excluding hydrogens is 373 g/mol. The average Bonchev–Trinajstić information content (AvgIpc) is 2.96. The molecule has 2 N–H and O–H groups in total. The van der Waals surface area contributed by atoms with Crippen LogP contribution in [0.3, 0.4) is 0 Å². The minimum Gasteiger partial charge on any atom is -0.338 e. The van der Waals surface area contributed by atoms with E-state index in [1.54, 1.807) is 47.7 Å². The van der Waals surface area contributed by atoms with Crippen molar-refractivity contribution in [1.29, 1.82) is 0 Å². The predicted octanol–water partition coefficient (Wildman–Crippen LogP) is 5.28. The number of carbonyl (C=O) groups is 1. The number of aryl methyl sites for hydroxylation is 1. The fourth-order valence-electron chi connectivity index (χ4n) is 2.41. The number of anilines is 1. The number of thiazole rings is 1. The predicted molar refractivity (Wildman–Crippen MR) is 104 cm³/mol. The first-order valence-corrected chi connectivity index (χ1v) is 9.23. The van der Waals surface area contributed by atoms with E-state index in [9.17, 15) is 9.18 Å². The van der Waals surface area contributed by atoms with Crippen molar-refractivity contribution in [1.82, 2.24) is 10.3 Å². The van der Waals surface area contributed by atoms with Gasteiger partial charge in [-0.25, -0.2) is 14.2 Å². The molecule has 26 heavy (non-hydrogen) atoms. The van der Waals surface area contributed by atoms with Crippen LogP contribution in [0.2, 0.25) is 5.02 Å². The number of urea groups is 1. The van der Waals surface area contributed by atoms with E-state index < -0.39 is 0 Å². The molecule has 7 heteroatoms.